The van der Waals surface area contributed by atoms with Crippen LogP contribution < -0.4 is 10.0 Å². The van der Waals surface area contributed by atoms with Crippen LogP contribution >= 0.6 is 0 Å². The molecule has 1 amide bonds. The Morgan fingerprint density at radius 3 is 2.18 bits per heavy atom. The van der Waals surface area contributed by atoms with Gasteiger partial charge in [0.1, 0.15) is 11.6 Å². The van der Waals surface area contributed by atoms with Gasteiger partial charge in [0.15, 0.2) is 5.76 Å². The predicted octanol–water partition coefficient (Wildman–Crippen LogP) is 4.04. The van der Waals surface area contributed by atoms with Gasteiger partial charge in [-0.1, -0.05) is 42.5 Å². The zero-order valence-corrected chi connectivity index (χ0v) is 21.0. The topological polar surface area (TPSA) is 152 Å². The normalized spacial score (nSPS) is 12.1. The summed E-state index contributed by atoms with van der Waals surface area (Å²) in [4.78, 5) is 35.2. The number of para-hydroxylation sites is 1. The summed E-state index contributed by atoms with van der Waals surface area (Å²) in [5.74, 6) is -2.24. The molecule has 38 heavy (non-hydrogen) atoms. The zero-order valence-electron chi connectivity index (χ0n) is 20.2. The molecule has 3 aromatic carbocycles. The Labute approximate surface area is 218 Å². The molecule has 11 heteroatoms. The number of sulfonamides is 1. The van der Waals surface area contributed by atoms with Gasteiger partial charge < -0.3 is 19.6 Å². The van der Waals surface area contributed by atoms with Crippen LogP contribution in [0.3, 0.4) is 0 Å². The minimum absolute atomic E-state index is 0.125. The first-order chi connectivity index (χ1) is 18.2. The van der Waals surface area contributed by atoms with Crippen LogP contribution in [0.1, 0.15) is 23.4 Å². The highest BCUT2D eigenvalue weighted by atomic mass is 32.2. The standard InChI is InChI=1S/C27H24N2O8S/c1-36-25(30)15-14-22(27(32)33)29-38(34,35)21-12-8-18(9-13-21)17-6-10-20(11-7-17)28-26(31)24-16-19-4-2-3-5-23(19)37-24/h2-13,16,22,29H,14-15H2,1H3,(H,28,31)(H,32,33)/t22-/m0/s1. The van der Waals surface area contributed by atoms with Gasteiger partial charge in [-0.05, 0) is 53.9 Å². The number of methoxy groups -OCH3 is 1. The first-order valence-electron chi connectivity index (χ1n) is 11.5. The lowest BCUT2D eigenvalue weighted by Gasteiger charge is -2.14. The van der Waals surface area contributed by atoms with Gasteiger partial charge in [0.2, 0.25) is 10.0 Å². The van der Waals surface area contributed by atoms with Crippen LogP contribution in [0.4, 0.5) is 5.69 Å². The lowest BCUT2D eigenvalue weighted by molar-refractivity contribution is -0.142. The minimum atomic E-state index is -4.15. The maximum Gasteiger partial charge on any atom is 0.321 e. The fourth-order valence-electron chi connectivity index (χ4n) is 3.71. The summed E-state index contributed by atoms with van der Waals surface area (Å²) < 4.78 is 37.6. The molecule has 3 N–H and O–H groups in total. The van der Waals surface area contributed by atoms with Gasteiger partial charge in [-0.2, -0.15) is 4.72 Å². The summed E-state index contributed by atoms with van der Waals surface area (Å²) in [5.41, 5.74) is 2.65. The number of amides is 1. The van der Waals surface area contributed by atoms with Gasteiger partial charge in [-0.25, -0.2) is 8.42 Å². The van der Waals surface area contributed by atoms with Crippen LogP contribution in [0.15, 0.2) is 88.2 Å². The fraction of sp³-hybridized carbons (Fsp3) is 0.148. The predicted molar refractivity (Wildman–Crippen MR) is 139 cm³/mol. The van der Waals surface area contributed by atoms with Crippen molar-refractivity contribution in [2.75, 3.05) is 12.4 Å². The quantitative estimate of drug-likeness (QED) is 0.257. The molecule has 0 aliphatic rings. The van der Waals surface area contributed by atoms with E-state index < -0.39 is 28.0 Å². The van der Waals surface area contributed by atoms with Crippen molar-refractivity contribution in [1.29, 1.82) is 0 Å². The van der Waals surface area contributed by atoms with Crippen molar-refractivity contribution in [3.63, 3.8) is 0 Å². The number of hydrogen-bond donors (Lipinski definition) is 3. The average Bonchev–Trinajstić information content (AvgIpc) is 3.36. The lowest BCUT2D eigenvalue weighted by Crippen LogP contribution is -2.41. The Kier molecular flexibility index (Phi) is 7.89. The molecule has 0 unspecified atom stereocenters. The van der Waals surface area contributed by atoms with Crippen LogP contribution in [-0.2, 0) is 24.3 Å². The number of carbonyl (C=O) groups excluding carboxylic acids is 2. The summed E-state index contributed by atoms with van der Waals surface area (Å²) >= 11 is 0. The molecule has 0 fully saturated rings. The number of fused-ring (bicyclic) bond motifs is 1. The van der Waals surface area contributed by atoms with E-state index in [0.29, 0.717) is 16.8 Å². The van der Waals surface area contributed by atoms with E-state index >= 15 is 0 Å². The smallest absolute Gasteiger partial charge is 0.321 e. The lowest BCUT2D eigenvalue weighted by atomic mass is 10.1. The highest BCUT2D eigenvalue weighted by molar-refractivity contribution is 7.89. The number of carboxylic acids is 1. The molecule has 4 aromatic rings. The number of nitrogens with one attached hydrogen (secondary N) is 2. The van der Waals surface area contributed by atoms with Gasteiger partial charge in [-0.3, -0.25) is 14.4 Å². The van der Waals surface area contributed by atoms with E-state index in [2.05, 4.69) is 14.8 Å². The Morgan fingerprint density at radius 1 is 0.947 bits per heavy atom. The number of aliphatic carboxylic acids is 1. The number of rotatable bonds is 10. The van der Waals surface area contributed by atoms with E-state index in [-0.39, 0.29) is 29.4 Å². The average molecular weight is 537 g/mol. The zero-order chi connectivity index (χ0) is 27.3. The van der Waals surface area contributed by atoms with Crippen molar-refractivity contribution in [3.05, 3.63) is 84.6 Å². The highest BCUT2D eigenvalue weighted by Gasteiger charge is 2.26. The van der Waals surface area contributed by atoms with Crippen molar-refractivity contribution in [3.8, 4) is 11.1 Å². The minimum Gasteiger partial charge on any atom is -0.480 e. The van der Waals surface area contributed by atoms with Crippen LogP contribution in [0, 0.1) is 0 Å². The van der Waals surface area contributed by atoms with Crippen molar-refractivity contribution < 1.29 is 37.1 Å². The number of hydrogen-bond acceptors (Lipinski definition) is 7. The largest absolute Gasteiger partial charge is 0.480 e. The molecule has 4 rings (SSSR count). The Hall–Kier alpha value is -4.48. The van der Waals surface area contributed by atoms with E-state index in [0.717, 1.165) is 18.1 Å². The van der Waals surface area contributed by atoms with Gasteiger partial charge in [0.05, 0.1) is 12.0 Å². The third kappa shape index (κ3) is 6.25. The summed E-state index contributed by atoms with van der Waals surface area (Å²) in [6.45, 7) is 0. The molecule has 0 saturated heterocycles. The molecular formula is C27H24N2O8S. The van der Waals surface area contributed by atoms with Crippen molar-refractivity contribution >= 4 is 44.5 Å². The van der Waals surface area contributed by atoms with Crippen LogP contribution in [0.25, 0.3) is 22.1 Å². The summed E-state index contributed by atoms with van der Waals surface area (Å²) in [5, 5.41) is 12.9. The number of benzene rings is 3. The monoisotopic (exact) mass is 536 g/mol. The maximum atomic E-state index is 12.7. The molecule has 10 nitrogen and oxygen atoms in total. The number of anilines is 1. The van der Waals surface area contributed by atoms with E-state index in [1.165, 1.54) is 12.1 Å². The summed E-state index contributed by atoms with van der Waals surface area (Å²) in [7, 11) is -2.99. The Balaban J connectivity index is 1.41. The summed E-state index contributed by atoms with van der Waals surface area (Å²) in [6.07, 6.45) is -0.498. The molecule has 0 bridgehead atoms. The third-order valence-electron chi connectivity index (χ3n) is 5.75. The molecule has 0 radical (unpaired) electrons. The maximum absolute atomic E-state index is 12.7. The molecule has 196 valence electrons. The van der Waals surface area contributed by atoms with Gasteiger partial charge >= 0.3 is 11.9 Å². The molecule has 0 aliphatic heterocycles. The van der Waals surface area contributed by atoms with Crippen molar-refractivity contribution in [2.45, 2.75) is 23.8 Å². The van der Waals surface area contributed by atoms with E-state index in [1.807, 2.05) is 18.2 Å². The second-order valence-corrected chi connectivity index (χ2v) is 10.0. The first-order valence-corrected chi connectivity index (χ1v) is 13.0. The second-order valence-electron chi connectivity index (χ2n) is 8.33. The number of furan rings is 1. The number of esters is 1. The van der Waals surface area contributed by atoms with Crippen molar-refractivity contribution in [1.82, 2.24) is 4.72 Å². The third-order valence-corrected chi connectivity index (χ3v) is 7.24. The number of ether oxygens (including phenoxy) is 1. The van der Waals surface area contributed by atoms with Gasteiger partial charge in [0.25, 0.3) is 5.91 Å². The Morgan fingerprint density at radius 2 is 1.58 bits per heavy atom. The second kappa shape index (κ2) is 11.3. The first kappa shape index (κ1) is 26.6. The Bertz CT molecular complexity index is 1540. The molecule has 0 saturated carbocycles. The molecule has 0 spiro atoms. The SMILES string of the molecule is COC(=O)CC[C@H](NS(=O)(=O)c1ccc(-c2ccc(NC(=O)c3cc4ccccc4o3)cc2)cc1)C(=O)O. The van der Waals surface area contributed by atoms with Gasteiger partial charge in [-0.15, -0.1) is 0 Å². The molecule has 1 atom stereocenters. The number of carboxylic acid groups (broad SMARTS) is 1. The molecular weight excluding hydrogens is 512 g/mol. The van der Waals surface area contributed by atoms with Crippen molar-refractivity contribution in [2.24, 2.45) is 0 Å². The van der Waals surface area contributed by atoms with E-state index in [9.17, 15) is 27.9 Å². The molecule has 1 heterocycles. The van der Waals surface area contributed by atoms with Gasteiger partial charge in [0, 0.05) is 17.5 Å². The molecule has 0 aliphatic carbocycles. The highest BCUT2D eigenvalue weighted by Crippen LogP contribution is 2.24. The fourth-order valence-corrected chi connectivity index (χ4v) is 4.94. The van der Waals surface area contributed by atoms with E-state index in [4.69, 9.17) is 4.42 Å². The van der Waals surface area contributed by atoms with E-state index in [1.54, 1.807) is 48.5 Å². The van der Waals surface area contributed by atoms with Crippen LogP contribution in [-0.4, -0.2) is 44.5 Å². The molecule has 1 aromatic heterocycles. The summed E-state index contributed by atoms with van der Waals surface area (Å²) in [6, 6.07) is 20.3. The van der Waals surface area contributed by atoms with Crippen LogP contribution in [0.2, 0.25) is 0 Å². The number of carbonyl (C=O) groups is 3. The van der Waals surface area contributed by atoms with Crippen LogP contribution in [0.5, 0.6) is 0 Å².